The minimum Gasteiger partial charge on any atom is -0.460 e. The summed E-state index contributed by atoms with van der Waals surface area (Å²) < 4.78 is 25.6. The van der Waals surface area contributed by atoms with Crippen molar-refractivity contribution in [2.75, 3.05) is 6.54 Å². The second kappa shape index (κ2) is 9.30. The lowest BCUT2D eigenvalue weighted by Gasteiger charge is -2.36. The Kier molecular flexibility index (Phi) is 6.27. The molecule has 1 saturated heterocycles. The lowest BCUT2D eigenvalue weighted by atomic mass is 9.73. The van der Waals surface area contributed by atoms with Crippen molar-refractivity contribution in [3.8, 4) is 16.9 Å². The van der Waals surface area contributed by atoms with Crippen LogP contribution in [0.15, 0.2) is 45.6 Å². The number of hydrogen-bond acceptors (Lipinski definition) is 6. The molecule has 1 saturated carbocycles. The third-order valence-electron chi connectivity index (χ3n) is 7.27. The van der Waals surface area contributed by atoms with Crippen molar-refractivity contribution in [2.24, 2.45) is 5.92 Å². The summed E-state index contributed by atoms with van der Waals surface area (Å²) in [6, 6.07) is 7.64. The molecule has 2 aromatic carbocycles. The highest BCUT2D eigenvalue weighted by molar-refractivity contribution is 6.33. The van der Waals surface area contributed by atoms with Crippen molar-refractivity contribution in [3.05, 3.63) is 63.2 Å². The molecule has 1 aliphatic carbocycles. The first-order chi connectivity index (χ1) is 17.6. The number of urea groups is 1. The average molecular weight is 527 g/mol. The molecule has 37 heavy (non-hydrogen) atoms. The van der Waals surface area contributed by atoms with E-state index in [1.165, 1.54) is 43.3 Å². The maximum Gasteiger partial charge on any atom is 0.331 e. The van der Waals surface area contributed by atoms with Crippen molar-refractivity contribution in [1.82, 2.24) is 10.2 Å². The van der Waals surface area contributed by atoms with Gasteiger partial charge >= 0.3 is 12.0 Å². The predicted molar refractivity (Wildman–Crippen MR) is 134 cm³/mol. The van der Waals surface area contributed by atoms with Crippen LogP contribution in [0, 0.1) is 18.7 Å². The number of carbonyl (C=O) groups excluding carboxylic acids is 3. The van der Waals surface area contributed by atoms with Gasteiger partial charge in [0, 0.05) is 11.6 Å². The van der Waals surface area contributed by atoms with E-state index in [1.807, 2.05) is 6.92 Å². The van der Waals surface area contributed by atoms with E-state index in [-0.39, 0.29) is 44.5 Å². The molecule has 3 aromatic rings. The maximum absolute atomic E-state index is 14.5. The molecule has 2 atom stereocenters. The van der Waals surface area contributed by atoms with Gasteiger partial charge in [-0.1, -0.05) is 37.4 Å². The number of amides is 3. The highest BCUT2D eigenvalue weighted by Gasteiger charge is 2.55. The van der Waals surface area contributed by atoms with Gasteiger partial charge in [-0.15, -0.1) is 0 Å². The summed E-state index contributed by atoms with van der Waals surface area (Å²) in [5.41, 5.74) is -1.39. The summed E-state index contributed by atoms with van der Waals surface area (Å²) in [6.07, 6.45) is 3.16. The van der Waals surface area contributed by atoms with Gasteiger partial charge < -0.3 is 14.5 Å². The fourth-order valence-electron chi connectivity index (χ4n) is 5.31. The Morgan fingerprint density at radius 1 is 1.22 bits per heavy atom. The quantitative estimate of drug-likeness (QED) is 0.292. The molecule has 2 fully saturated rings. The van der Waals surface area contributed by atoms with Crippen LogP contribution >= 0.6 is 11.6 Å². The Morgan fingerprint density at radius 2 is 2.00 bits per heavy atom. The first-order valence-corrected chi connectivity index (χ1v) is 12.4. The lowest BCUT2D eigenvalue weighted by Crippen LogP contribution is -2.54. The van der Waals surface area contributed by atoms with E-state index < -0.39 is 41.2 Å². The summed E-state index contributed by atoms with van der Waals surface area (Å²) in [7, 11) is 0. The fourth-order valence-corrected chi connectivity index (χ4v) is 5.56. The van der Waals surface area contributed by atoms with Crippen LogP contribution in [0.3, 0.4) is 0 Å². The number of fused-ring (bicyclic) bond motifs is 1. The molecule has 8 nitrogen and oxygen atoms in total. The van der Waals surface area contributed by atoms with Crippen LogP contribution in [0.1, 0.15) is 38.4 Å². The molecular formula is C27H24ClFN2O6. The van der Waals surface area contributed by atoms with E-state index in [4.69, 9.17) is 20.8 Å². The molecule has 0 radical (unpaired) electrons. The largest absolute Gasteiger partial charge is 0.460 e. The Balaban J connectivity index is 1.38. The Hall–Kier alpha value is -3.72. The molecule has 0 bridgehead atoms. The number of nitrogens with zero attached hydrogens (tertiary/aromatic N) is 1. The van der Waals surface area contributed by atoms with Gasteiger partial charge in [0.15, 0.2) is 0 Å². The van der Waals surface area contributed by atoms with Crippen LogP contribution in [-0.2, 0) is 9.59 Å². The summed E-state index contributed by atoms with van der Waals surface area (Å²) in [5.74, 6) is -1.73. The molecule has 2 aliphatic rings. The van der Waals surface area contributed by atoms with Crippen molar-refractivity contribution in [1.29, 1.82) is 0 Å². The van der Waals surface area contributed by atoms with Crippen LogP contribution in [0.25, 0.3) is 22.1 Å². The van der Waals surface area contributed by atoms with E-state index in [0.29, 0.717) is 6.42 Å². The normalized spacial score (nSPS) is 21.5. The standard InChI is InChI=1S/C27H24ClFN2O6/c1-14-6-3-4-11-27(14)25(34)31(26(35)30-27)13-21(32)37-16-9-10-17-20(12-16)36-15(2)22(24(17)33)23-18(28)7-5-8-19(23)29/h5,7-10,12,14H,3-4,6,11,13H2,1-2H3,(H,30,35)/t14-,27-/m0/s1. The summed E-state index contributed by atoms with van der Waals surface area (Å²) in [4.78, 5) is 52.3. The van der Waals surface area contributed by atoms with Crippen LogP contribution < -0.4 is 15.5 Å². The molecule has 192 valence electrons. The number of benzene rings is 2. The molecule has 0 unspecified atom stereocenters. The van der Waals surface area contributed by atoms with Crippen molar-refractivity contribution in [2.45, 2.75) is 45.1 Å². The Morgan fingerprint density at radius 3 is 2.73 bits per heavy atom. The van der Waals surface area contributed by atoms with E-state index in [0.717, 1.165) is 24.2 Å². The van der Waals surface area contributed by atoms with Crippen molar-refractivity contribution in [3.63, 3.8) is 0 Å². The van der Waals surface area contributed by atoms with Crippen LogP contribution in [0.2, 0.25) is 5.02 Å². The number of carbonyl (C=O) groups is 3. The molecule has 1 aromatic heterocycles. The number of nitrogens with one attached hydrogen (secondary N) is 1. The van der Waals surface area contributed by atoms with E-state index in [2.05, 4.69) is 5.32 Å². The Bertz CT molecular complexity index is 1500. The average Bonchev–Trinajstić information content (AvgIpc) is 3.07. The predicted octanol–water partition coefficient (Wildman–Crippen LogP) is 4.97. The topological polar surface area (TPSA) is 106 Å². The number of rotatable bonds is 4. The van der Waals surface area contributed by atoms with E-state index >= 15 is 0 Å². The molecule has 3 amide bonds. The van der Waals surface area contributed by atoms with Crippen LogP contribution in [-0.4, -0.2) is 34.9 Å². The third-order valence-corrected chi connectivity index (χ3v) is 7.59. The molecular weight excluding hydrogens is 503 g/mol. The Labute approximate surface area is 216 Å². The molecule has 2 heterocycles. The van der Waals surface area contributed by atoms with Gasteiger partial charge in [-0.3, -0.25) is 14.5 Å². The third kappa shape index (κ3) is 4.17. The van der Waals surface area contributed by atoms with Crippen molar-refractivity contribution < 1.29 is 27.9 Å². The summed E-state index contributed by atoms with van der Waals surface area (Å²) >= 11 is 6.15. The number of aryl methyl sites for hydroxylation is 1. The first kappa shape index (κ1) is 25.0. The highest BCUT2D eigenvalue weighted by Crippen LogP contribution is 2.38. The monoisotopic (exact) mass is 526 g/mol. The molecule has 1 aliphatic heterocycles. The lowest BCUT2D eigenvalue weighted by molar-refractivity contribution is -0.142. The van der Waals surface area contributed by atoms with Gasteiger partial charge in [0.25, 0.3) is 5.91 Å². The number of hydrogen-bond donors (Lipinski definition) is 1. The molecule has 1 spiro atoms. The molecule has 1 N–H and O–H groups in total. The van der Waals surface area contributed by atoms with Crippen LogP contribution in [0.4, 0.5) is 9.18 Å². The van der Waals surface area contributed by atoms with E-state index in [9.17, 15) is 23.6 Å². The van der Waals surface area contributed by atoms with Gasteiger partial charge in [0.2, 0.25) is 5.43 Å². The van der Waals surface area contributed by atoms with Gasteiger partial charge in [-0.05, 0) is 49.9 Å². The van der Waals surface area contributed by atoms with Crippen LogP contribution in [0.5, 0.6) is 5.75 Å². The number of imide groups is 1. The first-order valence-electron chi connectivity index (χ1n) is 12.0. The van der Waals surface area contributed by atoms with Crippen molar-refractivity contribution >= 4 is 40.5 Å². The SMILES string of the molecule is Cc1oc2cc(OC(=O)CN3C(=O)N[C@]4(CCCC[C@@H]4C)C3=O)ccc2c(=O)c1-c1c(F)cccc1Cl. The zero-order valence-corrected chi connectivity index (χ0v) is 21.0. The number of esters is 1. The fraction of sp³-hybridized carbons (Fsp3) is 0.333. The van der Waals surface area contributed by atoms with Gasteiger partial charge in [-0.2, -0.15) is 0 Å². The number of ether oxygens (including phenoxy) is 1. The highest BCUT2D eigenvalue weighted by atomic mass is 35.5. The maximum atomic E-state index is 14.5. The van der Waals surface area contributed by atoms with Gasteiger partial charge in [-0.25, -0.2) is 14.0 Å². The molecule has 10 heteroatoms. The van der Waals surface area contributed by atoms with E-state index in [1.54, 1.807) is 0 Å². The zero-order valence-electron chi connectivity index (χ0n) is 20.2. The number of halogens is 2. The van der Waals surface area contributed by atoms with Gasteiger partial charge in [0.05, 0.1) is 16.0 Å². The second-order valence-corrected chi connectivity index (χ2v) is 9.94. The smallest absolute Gasteiger partial charge is 0.331 e. The minimum atomic E-state index is -0.974. The molecule has 5 rings (SSSR count). The zero-order chi connectivity index (χ0) is 26.5. The summed E-state index contributed by atoms with van der Waals surface area (Å²) in [6.45, 7) is 2.89. The second-order valence-electron chi connectivity index (χ2n) is 9.53. The minimum absolute atomic E-state index is 0.00442. The summed E-state index contributed by atoms with van der Waals surface area (Å²) in [5, 5.41) is 3.01. The van der Waals surface area contributed by atoms with Gasteiger partial charge in [0.1, 0.15) is 35.0 Å².